The van der Waals surface area contributed by atoms with Gasteiger partial charge in [-0.3, -0.25) is 14.2 Å². The Hall–Kier alpha value is -1.43. The van der Waals surface area contributed by atoms with Crippen LogP contribution in [0.3, 0.4) is 0 Å². The zero-order chi connectivity index (χ0) is 12.7. The summed E-state index contributed by atoms with van der Waals surface area (Å²) in [4.78, 5) is 16.2. The Balaban J connectivity index is 2.31. The molecule has 1 unspecified atom stereocenters. The molecule has 0 aliphatic carbocycles. The third kappa shape index (κ3) is 1.82. The van der Waals surface area contributed by atoms with Crippen molar-refractivity contribution in [2.24, 2.45) is 14.1 Å². The van der Waals surface area contributed by atoms with Gasteiger partial charge in [0.05, 0.1) is 0 Å². The smallest absolute Gasteiger partial charge is 0.291 e. The van der Waals surface area contributed by atoms with E-state index in [0.29, 0.717) is 11.7 Å². The number of likely N-dealkylation sites (N-methyl/N-ethyl adjacent to an activating group) is 1. The zero-order valence-electron chi connectivity index (χ0n) is 11.0. The number of aromatic nitrogens is 2. The van der Waals surface area contributed by atoms with Gasteiger partial charge in [0.25, 0.3) is 5.56 Å². The molecule has 1 aromatic rings. The molecule has 2 N–H and O–H groups in total. The van der Waals surface area contributed by atoms with Crippen LogP contribution in [0.25, 0.3) is 0 Å². The van der Waals surface area contributed by atoms with Gasteiger partial charge in [0.1, 0.15) is 5.69 Å². The van der Waals surface area contributed by atoms with Gasteiger partial charge in [0, 0.05) is 33.2 Å². The van der Waals surface area contributed by atoms with Gasteiger partial charge in [-0.1, -0.05) is 0 Å². The Kier molecular flexibility index (Phi) is 2.91. The number of rotatable bonds is 2. The normalized spacial score (nSPS) is 20.5. The molecular formula is C11H21N5O. The summed E-state index contributed by atoms with van der Waals surface area (Å²) in [5.41, 5.74) is 6.14. The Morgan fingerprint density at radius 1 is 1.29 bits per heavy atom. The summed E-state index contributed by atoms with van der Waals surface area (Å²) in [7, 11) is 7.78. The minimum atomic E-state index is -0.115. The Morgan fingerprint density at radius 2 is 1.94 bits per heavy atom. The highest BCUT2D eigenvalue weighted by atomic mass is 16.1. The van der Waals surface area contributed by atoms with Gasteiger partial charge in [-0.15, -0.1) is 0 Å². The van der Waals surface area contributed by atoms with E-state index in [2.05, 4.69) is 23.9 Å². The summed E-state index contributed by atoms with van der Waals surface area (Å²) < 4.78 is 3.38. The van der Waals surface area contributed by atoms with E-state index >= 15 is 0 Å². The molecule has 1 fully saturated rings. The van der Waals surface area contributed by atoms with Crippen LogP contribution in [0.15, 0.2) is 4.79 Å². The average Bonchev–Trinajstić information content (AvgIpc) is 2.81. The molecule has 0 saturated carbocycles. The third-order valence-electron chi connectivity index (χ3n) is 3.71. The highest BCUT2D eigenvalue weighted by Crippen LogP contribution is 2.25. The highest BCUT2D eigenvalue weighted by molar-refractivity contribution is 5.63. The lowest BCUT2D eigenvalue weighted by Crippen LogP contribution is -2.32. The first kappa shape index (κ1) is 12.0. The molecule has 17 heavy (non-hydrogen) atoms. The van der Waals surface area contributed by atoms with E-state index in [0.717, 1.165) is 25.3 Å². The molecule has 1 saturated heterocycles. The van der Waals surface area contributed by atoms with Crippen molar-refractivity contribution in [1.82, 2.24) is 14.3 Å². The molecule has 96 valence electrons. The molecule has 2 heterocycles. The lowest BCUT2D eigenvalue weighted by atomic mass is 10.2. The van der Waals surface area contributed by atoms with Crippen LogP contribution in [0.1, 0.15) is 6.42 Å². The van der Waals surface area contributed by atoms with Gasteiger partial charge in [0.15, 0.2) is 5.82 Å². The summed E-state index contributed by atoms with van der Waals surface area (Å²) in [6, 6.07) is 0.532. The van der Waals surface area contributed by atoms with Crippen LogP contribution in [-0.4, -0.2) is 47.5 Å². The van der Waals surface area contributed by atoms with E-state index in [9.17, 15) is 4.79 Å². The molecule has 0 radical (unpaired) electrons. The summed E-state index contributed by atoms with van der Waals surface area (Å²) in [5.74, 6) is 0.849. The fourth-order valence-electron chi connectivity index (χ4n) is 2.45. The molecule has 1 aromatic heterocycles. The maximum absolute atomic E-state index is 11.8. The zero-order valence-corrected chi connectivity index (χ0v) is 11.0. The maximum atomic E-state index is 11.8. The molecular weight excluding hydrogens is 218 g/mol. The van der Waals surface area contributed by atoms with E-state index in [4.69, 9.17) is 5.73 Å². The SMILES string of the molecule is CN(C)C1CCN(c2c(N)c(=O)n(C)n2C)C1. The lowest BCUT2D eigenvalue weighted by molar-refractivity contribution is 0.315. The van der Waals surface area contributed by atoms with Gasteiger partial charge in [-0.25, -0.2) is 0 Å². The number of nitrogens with zero attached hydrogens (tertiary/aromatic N) is 4. The molecule has 6 nitrogen and oxygen atoms in total. The van der Waals surface area contributed by atoms with Gasteiger partial charge in [-0.2, -0.15) is 0 Å². The second-order valence-electron chi connectivity index (χ2n) is 4.94. The second kappa shape index (κ2) is 4.10. The highest BCUT2D eigenvalue weighted by Gasteiger charge is 2.28. The standard InChI is InChI=1S/C11H21N5O/c1-13(2)8-5-6-16(7-8)10-9(12)11(17)15(4)14(10)3/h8H,5-7,12H2,1-4H3. The Bertz CT molecular complexity index is 473. The first-order chi connectivity index (χ1) is 7.93. The van der Waals surface area contributed by atoms with Crippen molar-refractivity contribution in [3.63, 3.8) is 0 Å². The molecule has 0 amide bonds. The van der Waals surface area contributed by atoms with Crippen LogP contribution >= 0.6 is 0 Å². The molecule has 1 atom stereocenters. The van der Waals surface area contributed by atoms with Crippen LogP contribution in [-0.2, 0) is 14.1 Å². The van der Waals surface area contributed by atoms with Crippen LogP contribution in [0, 0.1) is 0 Å². The summed E-state index contributed by atoms with van der Waals surface area (Å²) >= 11 is 0. The number of hydrogen-bond acceptors (Lipinski definition) is 4. The van der Waals surface area contributed by atoms with Crippen molar-refractivity contribution in [1.29, 1.82) is 0 Å². The fourth-order valence-corrected chi connectivity index (χ4v) is 2.45. The van der Waals surface area contributed by atoms with E-state index in [-0.39, 0.29) is 5.56 Å². The van der Waals surface area contributed by atoms with Crippen molar-refractivity contribution < 1.29 is 0 Å². The van der Waals surface area contributed by atoms with Crippen molar-refractivity contribution >= 4 is 11.5 Å². The molecule has 2 rings (SSSR count). The van der Waals surface area contributed by atoms with Gasteiger partial charge >= 0.3 is 0 Å². The predicted octanol–water partition coefficient (Wildman–Crippen LogP) is -0.554. The summed E-state index contributed by atoms with van der Waals surface area (Å²) in [6.45, 7) is 1.87. The largest absolute Gasteiger partial charge is 0.391 e. The molecule has 0 aromatic carbocycles. The van der Waals surface area contributed by atoms with E-state index in [1.54, 1.807) is 11.7 Å². The molecule has 6 heteroatoms. The summed E-state index contributed by atoms with van der Waals surface area (Å²) in [6.07, 6.45) is 1.11. The van der Waals surface area contributed by atoms with E-state index in [1.807, 2.05) is 11.7 Å². The van der Waals surface area contributed by atoms with Gasteiger partial charge in [-0.05, 0) is 20.5 Å². The number of nitrogens with two attached hydrogens (primary N) is 1. The number of hydrogen-bond donors (Lipinski definition) is 1. The summed E-state index contributed by atoms with van der Waals surface area (Å²) in [5, 5.41) is 0. The first-order valence-electron chi connectivity index (χ1n) is 5.86. The number of anilines is 2. The van der Waals surface area contributed by atoms with Crippen molar-refractivity contribution in [2.45, 2.75) is 12.5 Å². The molecule has 1 aliphatic rings. The van der Waals surface area contributed by atoms with Crippen LogP contribution in [0.4, 0.5) is 11.5 Å². The third-order valence-corrected chi connectivity index (χ3v) is 3.71. The molecule has 1 aliphatic heterocycles. The number of nitrogen functional groups attached to an aromatic ring is 1. The van der Waals surface area contributed by atoms with Crippen LogP contribution < -0.4 is 16.2 Å². The van der Waals surface area contributed by atoms with E-state index < -0.39 is 0 Å². The lowest BCUT2D eigenvalue weighted by Gasteiger charge is -2.22. The first-order valence-corrected chi connectivity index (χ1v) is 5.86. The molecule has 0 spiro atoms. The van der Waals surface area contributed by atoms with Crippen LogP contribution in [0.2, 0.25) is 0 Å². The second-order valence-corrected chi connectivity index (χ2v) is 4.94. The quantitative estimate of drug-likeness (QED) is 0.752. The average molecular weight is 239 g/mol. The van der Waals surface area contributed by atoms with Crippen molar-refractivity contribution in [3.8, 4) is 0 Å². The van der Waals surface area contributed by atoms with E-state index in [1.165, 1.54) is 0 Å². The maximum Gasteiger partial charge on any atom is 0.291 e. The minimum absolute atomic E-state index is 0.115. The monoisotopic (exact) mass is 239 g/mol. The minimum Gasteiger partial charge on any atom is -0.391 e. The van der Waals surface area contributed by atoms with Crippen molar-refractivity contribution in [3.05, 3.63) is 10.4 Å². The topological polar surface area (TPSA) is 59.4 Å². The predicted molar refractivity (Wildman–Crippen MR) is 69.4 cm³/mol. The van der Waals surface area contributed by atoms with Gasteiger partial charge < -0.3 is 15.5 Å². The van der Waals surface area contributed by atoms with Gasteiger partial charge in [0.2, 0.25) is 0 Å². The van der Waals surface area contributed by atoms with Crippen LogP contribution in [0.5, 0.6) is 0 Å². The Labute approximate surface area is 101 Å². The van der Waals surface area contributed by atoms with Crippen molar-refractivity contribution in [2.75, 3.05) is 37.8 Å². The fraction of sp³-hybridized carbons (Fsp3) is 0.727. The Morgan fingerprint density at radius 3 is 2.35 bits per heavy atom. The molecule has 0 bridgehead atoms.